The van der Waals surface area contributed by atoms with Crippen molar-refractivity contribution >= 4 is 11.4 Å². The molecule has 0 spiro atoms. The highest BCUT2D eigenvalue weighted by atomic mass is 19.3. The Morgan fingerprint density at radius 2 is 0.887 bits per heavy atom. The summed E-state index contributed by atoms with van der Waals surface area (Å²) in [5.41, 5.74) is 9.73. The lowest BCUT2D eigenvalue weighted by Crippen LogP contribution is -2.11. The van der Waals surface area contributed by atoms with Crippen LogP contribution in [0.3, 0.4) is 0 Å². The molecule has 254 valence electrons. The Balaban J connectivity index is 1.11. The number of para-hydroxylation sites is 1. The Morgan fingerprint density at radius 3 is 1.49 bits per heavy atom. The molecule has 53 heavy (non-hydrogen) atoms. The SMILES string of the molecule is Cc1ccccc1-c1cc(-c2ccc3c(c2)C(F)(F)c2cc(-c4nc(-c5ccccc5)nc(-c5ccccc5)n4)ccc2-3)ccc1Nc1ccccc1. The fourth-order valence-electron chi connectivity index (χ4n) is 7.09. The first kappa shape index (κ1) is 32.1. The second-order valence-electron chi connectivity index (χ2n) is 13.2. The fraction of sp³-hybridized carbons (Fsp3) is 0.0426. The molecule has 0 bridgehead atoms. The number of hydrogen-bond donors (Lipinski definition) is 1. The van der Waals surface area contributed by atoms with Crippen LogP contribution in [-0.2, 0) is 5.92 Å². The van der Waals surface area contributed by atoms with Crippen molar-refractivity contribution in [3.05, 3.63) is 187 Å². The molecule has 0 radical (unpaired) electrons. The summed E-state index contributed by atoms with van der Waals surface area (Å²) in [6.07, 6.45) is 0. The first-order valence-electron chi connectivity index (χ1n) is 17.5. The van der Waals surface area contributed by atoms with Crippen LogP contribution < -0.4 is 5.32 Å². The summed E-state index contributed by atoms with van der Waals surface area (Å²) in [5, 5.41) is 3.55. The van der Waals surface area contributed by atoms with Gasteiger partial charge in [0.2, 0.25) is 0 Å². The highest BCUT2D eigenvalue weighted by Gasteiger charge is 2.44. The predicted molar refractivity (Wildman–Crippen MR) is 210 cm³/mol. The van der Waals surface area contributed by atoms with E-state index in [1.165, 1.54) is 6.07 Å². The molecule has 0 unspecified atom stereocenters. The second-order valence-corrected chi connectivity index (χ2v) is 13.2. The number of anilines is 2. The molecular formula is C47H32F2N4. The summed E-state index contributed by atoms with van der Waals surface area (Å²) in [6.45, 7) is 2.08. The Kier molecular flexibility index (Phi) is 7.93. The number of rotatable bonds is 7. The quantitative estimate of drug-likeness (QED) is 0.181. The average Bonchev–Trinajstić information content (AvgIpc) is 3.44. The van der Waals surface area contributed by atoms with E-state index in [-0.39, 0.29) is 11.1 Å². The molecule has 0 fully saturated rings. The number of aromatic nitrogens is 3. The van der Waals surface area contributed by atoms with E-state index in [9.17, 15) is 0 Å². The van der Waals surface area contributed by atoms with Crippen LogP contribution in [0.4, 0.5) is 20.2 Å². The van der Waals surface area contributed by atoms with Crippen LogP contribution in [0, 0.1) is 6.92 Å². The van der Waals surface area contributed by atoms with Crippen LogP contribution in [0.15, 0.2) is 170 Å². The van der Waals surface area contributed by atoms with Gasteiger partial charge in [0.1, 0.15) is 0 Å². The smallest absolute Gasteiger partial charge is 0.299 e. The Bertz CT molecular complexity index is 2570. The van der Waals surface area contributed by atoms with Crippen LogP contribution in [-0.4, -0.2) is 15.0 Å². The van der Waals surface area contributed by atoms with Crippen molar-refractivity contribution in [2.24, 2.45) is 0 Å². The molecule has 0 saturated heterocycles. The van der Waals surface area contributed by atoms with Crippen molar-refractivity contribution in [3.63, 3.8) is 0 Å². The number of nitrogens with one attached hydrogen (secondary N) is 1. The van der Waals surface area contributed by atoms with E-state index in [1.807, 2.05) is 133 Å². The van der Waals surface area contributed by atoms with Crippen LogP contribution in [0.25, 0.3) is 67.5 Å². The molecule has 4 nitrogen and oxygen atoms in total. The maximum absolute atomic E-state index is 16.7. The lowest BCUT2D eigenvalue weighted by molar-refractivity contribution is 0.0481. The molecule has 8 aromatic rings. The van der Waals surface area contributed by atoms with Gasteiger partial charge in [-0.1, -0.05) is 133 Å². The maximum atomic E-state index is 16.7. The number of halogens is 2. The second kappa shape index (κ2) is 13.1. The van der Waals surface area contributed by atoms with Gasteiger partial charge in [0.05, 0.1) is 0 Å². The fourth-order valence-corrected chi connectivity index (χ4v) is 7.09. The molecule has 0 amide bonds. The van der Waals surface area contributed by atoms with E-state index in [0.717, 1.165) is 50.3 Å². The van der Waals surface area contributed by atoms with Gasteiger partial charge in [-0.3, -0.25) is 0 Å². The summed E-state index contributed by atoms with van der Waals surface area (Å²) in [6, 6.07) is 54.1. The van der Waals surface area contributed by atoms with Gasteiger partial charge in [-0.15, -0.1) is 0 Å². The van der Waals surface area contributed by atoms with Gasteiger partial charge >= 0.3 is 0 Å². The first-order chi connectivity index (χ1) is 25.9. The molecule has 9 rings (SSSR count). The minimum atomic E-state index is -3.23. The number of hydrogen-bond acceptors (Lipinski definition) is 4. The Labute approximate surface area is 306 Å². The maximum Gasteiger partial charge on any atom is 0.299 e. The lowest BCUT2D eigenvalue weighted by atomic mass is 9.93. The van der Waals surface area contributed by atoms with Crippen LogP contribution in [0.5, 0.6) is 0 Å². The summed E-state index contributed by atoms with van der Waals surface area (Å²) >= 11 is 0. The zero-order valence-corrected chi connectivity index (χ0v) is 28.8. The van der Waals surface area contributed by atoms with Gasteiger partial charge < -0.3 is 5.32 Å². The van der Waals surface area contributed by atoms with E-state index in [0.29, 0.717) is 34.2 Å². The summed E-state index contributed by atoms with van der Waals surface area (Å²) in [7, 11) is 0. The summed E-state index contributed by atoms with van der Waals surface area (Å²) in [4.78, 5) is 14.3. The molecule has 6 heteroatoms. The molecule has 1 aliphatic rings. The zero-order chi connectivity index (χ0) is 35.9. The monoisotopic (exact) mass is 690 g/mol. The summed E-state index contributed by atoms with van der Waals surface area (Å²) < 4.78 is 33.3. The number of nitrogens with zero attached hydrogens (tertiary/aromatic N) is 3. The van der Waals surface area contributed by atoms with Gasteiger partial charge in [-0.25, -0.2) is 15.0 Å². The van der Waals surface area contributed by atoms with Crippen molar-refractivity contribution in [3.8, 4) is 67.5 Å². The van der Waals surface area contributed by atoms with Crippen LogP contribution in [0.1, 0.15) is 16.7 Å². The Hall–Kier alpha value is -6.79. The molecule has 1 N–H and O–H groups in total. The average molecular weight is 691 g/mol. The first-order valence-corrected chi connectivity index (χ1v) is 17.5. The van der Waals surface area contributed by atoms with Crippen molar-refractivity contribution in [1.82, 2.24) is 15.0 Å². The number of benzene rings is 7. The molecule has 0 saturated carbocycles. The van der Waals surface area contributed by atoms with Crippen LogP contribution in [0.2, 0.25) is 0 Å². The number of aryl methyl sites for hydroxylation is 1. The highest BCUT2D eigenvalue weighted by Crippen LogP contribution is 2.53. The largest absolute Gasteiger partial charge is 0.355 e. The third kappa shape index (κ3) is 5.94. The number of alkyl halides is 2. The molecule has 1 aromatic heterocycles. The van der Waals surface area contributed by atoms with Crippen molar-refractivity contribution in [1.29, 1.82) is 0 Å². The molecule has 1 heterocycles. The Morgan fingerprint density at radius 1 is 0.415 bits per heavy atom. The van der Waals surface area contributed by atoms with Crippen molar-refractivity contribution in [2.75, 3.05) is 5.32 Å². The molecule has 0 atom stereocenters. The van der Waals surface area contributed by atoms with Crippen molar-refractivity contribution < 1.29 is 8.78 Å². The van der Waals surface area contributed by atoms with Gasteiger partial charge in [-0.2, -0.15) is 8.78 Å². The predicted octanol–water partition coefficient (Wildman–Crippen LogP) is 12.4. The summed E-state index contributed by atoms with van der Waals surface area (Å²) in [5.74, 6) is -1.95. The number of fused-ring (bicyclic) bond motifs is 3. The van der Waals surface area contributed by atoms with E-state index in [4.69, 9.17) is 15.0 Å². The normalized spacial score (nSPS) is 12.6. The lowest BCUT2D eigenvalue weighted by Gasteiger charge is -2.17. The minimum absolute atomic E-state index is 0.0170. The molecule has 1 aliphatic carbocycles. The van der Waals surface area contributed by atoms with Gasteiger partial charge in [0.15, 0.2) is 17.5 Å². The third-order valence-electron chi connectivity index (χ3n) is 9.80. The standard InChI is InChI=1S/C47H32F2N4/c1-30-13-11-12-20-37(30)40-27-33(23-26-43(40)50-36-18-9-4-10-19-36)34-21-24-38-39-25-22-35(29-42(39)47(48,49)41(38)28-34)46-52-44(31-14-5-2-6-15-31)51-45(53-46)32-16-7-3-8-17-32/h2-29,50H,1H3. The van der Waals surface area contributed by atoms with Gasteiger partial charge in [-0.05, 0) is 76.7 Å². The molecule has 0 aliphatic heterocycles. The van der Waals surface area contributed by atoms with E-state index < -0.39 is 5.92 Å². The minimum Gasteiger partial charge on any atom is -0.355 e. The van der Waals surface area contributed by atoms with Gasteiger partial charge in [0.25, 0.3) is 5.92 Å². The third-order valence-corrected chi connectivity index (χ3v) is 9.80. The van der Waals surface area contributed by atoms with Gasteiger partial charge in [0, 0.05) is 44.8 Å². The molecule has 7 aromatic carbocycles. The van der Waals surface area contributed by atoms with E-state index >= 15 is 8.78 Å². The van der Waals surface area contributed by atoms with E-state index in [1.54, 1.807) is 12.1 Å². The van der Waals surface area contributed by atoms with Crippen LogP contribution >= 0.6 is 0 Å². The topological polar surface area (TPSA) is 50.7 Å². The van der Waals surface area contributed by atoms with Crippen molar-refractivity contribution in [2.45, 2.75) is 12.8 Å². The highest BCUT2D eigenvalue weighted by molar-refractivity contribution is 5.89. The zero-order valence-electron chi connectivity index (χ0n) is 28.8. The van der Waals surface area contributed by atoms with E-state index in [2.05, 4.69) is 30.4 Å². The molecular weight excluding hydrogens is 659 g/mol.